The molecule has 1 aliphatic rings. The van der Waals surface area contributed by atoms with Gasteiger partial charge in [-0.3, -0.25) is 9.48 Å². The summed E-state index contributed by atoms with van der Waals surface area (Å²) in [6, 6.07) is 9.93. The Labute approximate surface area is 304 Å². The zero-order chi connectivity index (χ0) is 36.3. The van der Waals surface area contributed by atoms with Gasteiger partial charge < -0.3 is 19.3 Å². The van der Waals surface area contributed by atoms with Gasteiger partial charge in [0, 0.05) is 29.2 Å². The van der Waals surface area contributed by atoms with Crippen molar-refractivity contribution in [3.8, 4) is 0 Å². The number of anilines is 1. The Kier molecular flexibility index (Phi) is 12.9. The van der Waals surface area contributed by atoms with Crippen LogP contribution in [-0.4, -0.2) is 66.0 Å². The van der Waals surface area contributed by atoms with E-state index in [2.05, 4.69) is 113 Å². The van der Waals surface area contributed by atoms with Gasteiger partial charge in [-0.05, 0) is 71.4 Å². The Morgan fingerprint density at radius 2 is 1.76 bits per heavy atom. The predicted octanol–water partition coefficient (Wildman–Crippen LogP) is 8.98. The first-order chi connectivity index (χ1) is 22.9. The minimum atomic E-state index is -2.15. The summed E-state index contributed by atoms with van der Waals surface area (Å²) in [6.07, 6.45) is 4.44. The smallest absolute Gasteiger partial charge is 0.218 e. The highest BCUT2D eigenvalue weighted by molar-refractivity contribution is 9.10. The van der Waals surface area contributed by atoms with E-state index in [-0.39, 0.29) is 35.5 Å². The van der Waals surface area contributed by atoms with Crippen LogP contribution in [0.5, 0.6) is 0 Å². The molecule has 0 saturated heterocycles. The first kappa shape index (κ1) is 39.6. The fourth-order valence-corrected chi connectivity index (χ4v) is 14.3. The summed E-state index contributed by atoms with van der Waals surface area (Å²) in [7, 11) is -4.21. The van der Waals surface area contributed by atoms with E-state index >= 15 is 0 Å². The number of aliphatic hydroxyl groups is 1. The lowest BCUT2D eigenvalue weighted by atomic mass is 10.1. The molecular formula is C37H58BrN5O4Si2. The van der Waals surface area contributed by atoms with Crippen LogP contribution in [0.25, 0.3) is 0 Å². The van der Waals surface area contributed by atoms with Gasteiger partial charge in [0.25, 0.3) is 0 Å². The molecule has 0 radical (unpaired) electrons. The van der Waals surface area contributed by atoms with Gasteiger partial charge in [-0.2, -0.15) is 5.10 Å². The van der Waals surface area contributed by atoms with Gasteiger partial charge in [-0.25, -0.2) is 9.97 Å². The first-order valence-corrected chi connectivity index (χ1v) is 23.6. The average molecular weight is 773 g/mol. The van der Waals surface area contributed by atoms with Crippen LogP contribution in [-0.2, 0) is 22.0 Å². The Hall–Kier alpha value is -2.23. The average Bonchev–Trinajstić information content (AvgIpc) is 3.60. The van der Waals surface area contributed by atoms with E-state index in [1.165, 1.54) is 6.33 Å². The lowest BCUT2D eigenvalue weighted by Crippen LogP contribution is -2.51. The molecule has 4 rings (SSSR count). The maximum Gasteiger partial charge on any atom is 0.218 e. The van der Waals surface area contributed by atoms with Gasteiger partial charge in [0.15, 0.2) is 8.32 Å². The van der Waals surface area contributed by atoms with E-state index in [4.69, 9.17) is 14.0 Å². The zero-order valence-electron chi connectivity index (χ0n) is 31.4. The molecule has 0 aliphatic heterocycles. The summed E-state index contributed by atoms with van der Waals surface area (Å²) >= 11 is 3.58. The summed E-state index contributed by atoms with van der Waals surface area (Å²) in [4.78, 5) is 22.9. The minimum Gasteiger partial charge on any atom is -0.413 e. The molecule has 1 saturated carbocycles. The van der Waals surface area contributed by atoms with E-state index in [0.29, 0.717) is 46.9 Å². The van der Waals surface area contributed by atoms with Crippen molar-refractivity contribution >= 4 is 44.2 Å². The van der Waals surface area contributed by atoms with Crippen molar-refractivity contribution < 1.29 is 18.8 Å². The van der Waals surface area contributed by atoms with Gasteiger partial charge in [0.1, 0.15) is 17.8 Å². The van der Waals surface area contributed by atoms with E-state index < -0.39 is 16.6 Å². The molecule has 0 amide bonds. The van der Waals surface area contributed by atoms with Gasteiger partial charge in [-0.15, -0.1) is 0 Å². The molecule has 0 spiro atoms. The molecule has 1 fully saturated rings. The molecular weight excluding hydrogens is 715 g/mol. The van der Waals surface area contributed by atoms with Crippen LogP contribution in [0.1, 0.15) is 102 Å². The Bertz CT molecular complexity index is 1550. The number of rotatable bonds is 15. The van der Waals surface area contributed by atoms with Crippen molar-refractivity contribution in [1.82, 2.24) is 19.7 Å². The van der Waals surface area contributed by atoms with Crippen LogP contribution < -0.4 is 5.32 Å². The number of carbonyl (C=O) groups excluding carboxylic acids is 1. The minimum absolute atomic E-state index is 0.00980. The van der Waals surface area contributed by atoms with Crippen LogP contribution in [0, 0.1) is 5.92 Å². The largest absolute Gasteiger partial charge is 0.413 e. The number of aliphatic hydroxyl groups excluding tert-OH is 1. The second kappa shape index (κ2) is 16.0. The number of hydrogen-bond donors (Lipinski definition) is 2. The number of hydrogen-bond acceptors (Lipinski definition) is 8. The molecule has 9 nitrogen and oxygen atoms in total. The number of ketones is 1. The summed E-state index contributed by atoms with van der Waals surface area (Å²) in [5, 5.41) is 18.8. The molecule has 3 atom stereocenters. The standard InChI is InChI=1S/C37H58BrN5O4Si2/c1-24(2)49(25(3)4,26(5)6)47-34-17-30(16-28(34)21-44)41-36-32(19-39-23-40-36)35(45)33-18-31(22-46-48(10,11)37(7,8)9)43(42-33)20-27-13-12-14-29(38)15-27/h12-15,18-19,23-26,28,30,34,44H,16-17,20-22H2,1-11H3,(H,39,40,41)/t28-,30-,34+/m1/s1. The maximum absolute atomic E-state index is 14.2. The lowest BCUT2D eigenvalue weighted by Gasteiger charge is -2.45. The number of benzene rings is 1. The molecule has 2 N–H and O–H groups in total. The Morgan fingerprint density at radius 1 is 1.08 bits per heavy atom. The molecule has 2 aromatic heterocycles. The number of carbonyl (C=O) groups is 1. The molecule has 1 aromatic carbocycles. The van der Waals surface area contributed by atoms with E-state index in [9.17, 15) is 9.90 Å². The quantitative estimate of drug-likeness (QED) is 0.116. The normalized spacial score (nSPS) is 19.0. The predicted molar refractivity (Wildman–Crippen MR) is 206 cm³/mol. The van der Waals surface area contributed by atoms with Crippen molar-refractivity contribution in [2.75, 3.05) is 11.9 Å². The van der Waals surface area contributed by atoms with Crippen molar-refractivity contribution in [2.45, 2.75) is 135 Å². The molecule has 0 bridgehead atoms. The number of halogens is 1. The van der Waals surface area contributed by atoms with Crippen molar-refractivity contribution in [1.29, 1.82) is 0 Å². The van der Waals surface area contributed by atoms with Crippen molar-refractivity contribution in [2.24, 2.45) is 5.92 Å². The van der Waals surface area contributed by atoms with Crippen LogP contribution in [0.2, 0.25) is 34.8 Å². The van der Waals surface area contributed by atoms with Gasteiger partial charge in [0.05, 0.1) is 30.5 Å². The van der Waals surface area contributed by atoms with Crippen LogP contribution in [0.15, 0.2) is 47.3 Å². The molecule has 49 heavy (non-hydrogen) atoms. The highest BCUT2D eigenvalue weighted by Crippen LogP contribution is 2.46. The third-order valence-corrected chi connectivity index (χ3v) is 22.0. The Balaban J connectivity index is 1.60. The zero-order valence-corrected chi connectivity index (χ0v) is 35.0. The molecule has 270 valence electrons. The van der Waals surface area contributed by atoms with E-state index in [1.54, 1.807) is 6.20 Å². The fourth-order valence-electron chi connectivity index (χ4n) is 7.25. The molecule has 0 unspecified atom stereocenters. The van der Waals surface area contributed by atoms with Gasteiger partial charge in [0.2, 0.25) is 14.1 Å². The van der Waals surface area contributed by atoms with Gasteiger partial charge >= 0.3 is 0 Å². The van der Waals surface area contributed by atoms with Crippen molar-refractivity contribution in [3.63, 3.8) is 0 Å². The fraction of sp³-hybridized carbons (Fsp3) is 0.622. The number of aromatic nitrogens is 4. The second-order valence-corrected chi connectivity index (χ2v) is 27.3. The highest BCUT2D eigenvalue weighted by atomic mass is 79.9. The first-order valence-electron chi connectivity index (χ1n) is 17.7. The van der Waals surface area contributed by atoms with Crippen LogP contribution >= 0.6 is 15.9 Å². The SMILES string of the molecule is CC(C)[Si](O[C@H]1C[C@H](Nc2ncncc2C(=O)c2cc(CO[Si](C)(C)C(C)(C)C)n(Cc3cccc(Br)c3)n2)C[C@@H]1CO)(C(C)C)C(C)C. The molecule has 3 aromatic rings. The van der Waals surface area contributed by atoms with Gasteiger partial charge in [-0.1, -0.05) is 90.4 Å². The lowest BCUT2D eigenvalue weighted by molar-refractivity contribution is 0.0941. The number of nitrogens with zero attached hydrogens (tertiary/aromatic N) is 4. The third-order valence-electron chi connectivity index (χ3n) is 10.9. The summed E-state index contributed by atoms with van der Waals surface area (Å²) < 4.78 is 16.6. The summed E-state index contributed by atoms with van der Waals surface area (Å²) in [5.74, 6) is 0.238. The van der Waals surface area contributed by atoms with E-state index in [0.717, 1.165) is 28.6 Å². The molecule has 2 heterocycles. The second-order valence-electron chi connectivity index (χ2n) is 16.2. The van der Waals surface area contributed by atoms with Crippen molar-refractivity contribution in [3.05, 3.63) is 69.8 Å². The third kappa shape index (κ3) is 8.99. The maximum atomic E-state index is 14.2. The van der Waals surface area contributed by atoms with Crippen LogP contribution in [0.4, 0.5) is 5.82 Å². The Morgan fingerprint density at radius 3 is 2.35 bits per heavy atom. The summed E-state index contributed by atoms with van der Waals surface area (Å²) in [5.41, 5.74) is 3.94. The number of nitrogens with one attached hydrogen (secondary N) is 1. The molecule has 1 aliphatic carbocycles. The summed E-state index contributed by atoms with van der Waals surface area (Å²) in [6.45, 7) is 25.7. The highest BCUT2D eigenvalue weighted by Gasteiger charge is 2.49. The topological polar surface area (TPSA) is 111 Å². The van der Waals surface area contributed by atoms with Crippen LogP contribution in [0.3, 0.4) is 0 Å². The molecule has 12 heteroatoms. The van der Waals surface area contributed by atoms with E-state index in [1.807, 2.05) is 28.9 Å². The monoisotopic (exact) mass is 771 g/mol.